The second-order valence-corrected chi connectivity index (χ2v) is 4.49. The molecule has 0 atom stereocenters. The van der Waals surface area contributed by atoms with Crippen LogP contribution in [0, 0.1) is 5.82 Å². The van der Waals surface area contributed by atoms with Crippen molar-refractivity contribution in [2.24, 2.45) is 0 Å². The monoisotopic (exact) mass is 276 g/mol. The predicted octanol–water partition coefficient (Wildman–Crippen LogP) is 2.45. The zero-order chi connectivity index (χ0) is 14.1. The van der Waals surface area contributed by atoms with E-state index in [9.17, 15) is 22.4 Å². The number of alkyl halides is 3. The van der Waals surface area contributed by atoms with E-state index in [4.69, 9.17) is 0 Å². The van der Waals surface area contributed by atoms with Gasteiger partial charge in [-0.3, -0.25) is 10.1 Å². The molecule has 1 aliphatic carbocycles. The lowest BCUT2D eigenvalue weighted by Crippen LogP contribution is -2.47. The molecule has 19 heavy (non-hydrogen) atoms. The fourth-order valence-electron chi connectivity index (χ4n) is 1.67. The predicted molar refractivity (Wildman–Crippen MR) is 61.1 cm³/mol. The number of hydrogen-bond donors (Lipinski definition) is 2. The molecule has 3 nitrogen and oxygen atoms in total. The third-order valence-corrected chi connectivity index (χ3v) is 3.01. The Morgan fingerprint density at radius 1 is 1.21 bits per heavy atom. The Labute approximate surface area is 107 Å². The van der Waals surface area contributed by atoms with Crippen molar-refractivity contribution in [1.82, 2.24) is 5.32 Å². The van der Waals surface area contributed by atoms with Crippen LogP contribution in [0.15, 0.2) is 24.3 Å². The van der Waals surface area contributed by atoms with Crippen LogP contribution in [0.25, 0.3) is 0 Å². The topological polar surface area (TPSA) is 41.1 Å². The number of hydrogen-bond acceptors (Lipinski definition) is 2. The van der Waals surface area contributed by atoms with Crippen LogP contribution in [0.1, 0.15) is 12.8 Å². The highest BCUT2D eigenvalue weighted by molar-refractivity contribution is 5.92. The van der Waals surface area contributed by atoms with E-state index in [1.165, 1.54) is 12.1 Å². The summed E-state index contributed by atoms with van der Waals surface area (Å²) in [6.07, 6.45) is -4.37. The molecule has 0 bridgehead atoms. The van der Waals surface area contributed by atoms with E-state index in [0.717, 1.165) is 12.1 Å². The van der Waals surface area contributed by atoms with E-state index in [-0.39, 0.29) is 12.8 Å². The van der Waals surface area contributed by atoms with Crippen molar-refractivity contribution in [3.63, 3.8) is 0 Å². The van der Waals surface area contributed by atoms with Gasteiger partial charge in [-0.25, -0.2) is 4.39 Å². The van der Waals surface area contributed by atoms with Gasteiger partial charge in [0.25, 0.3) is 0 Å². The van der Waals surface area contributed by atoms with Crippen molar-refractivity contribution < 1.29 is 22.4 Å². The standard InChI is InChI=1S/C12H12F4N2O/c13-8-1-3-9(4-2-8)18-10(19)7-17-11(5-6-11)12(14,15)16/h1-4,17H,5-7H2,(H,18,19). The molecule has 104 valence electrons. The number of anilines is 1. The summed E-state index contributed by atoms with van der Waals surface area (Å²) < 4.78 is 50.4. The van der Waals surface area contributed by atoms with Crippen LogP contribution in [-0.2, 0) is 4.79 Å². The number of nitrogens with one attached hydrogen (secondary N) is 2. The first kappa shape index (κ1) is 13.8. The maximum Gasteiger partial charge on any atom is 0.406 e. The van der Waals surface area contributed by atoms with Crippen LogP contribution < -0.4 is 10.6 Å². The third-order valence-electron chi connectivity index (χ3n) is 3.01. The van der Waals surface area contributed by atoms with Gasteiger partial charge in [0.1, 0.15) is 11.4 Å². The van der Waals surface area contributed by atoms with Gasteiger partial charge in [-0.2, -0.15) is 13.2 Å². The molecule has 1 saturated carbocycles. The fraction of sp³-hybridized carbons (Fsp3) is 0.417. The highest BCUT2D eigenvalue weighted by Gasteiger charge is 2.63. The van der Waals surface area contributed by atoms with Crippen molar-refractivity contribution in [2.45, 2.75) is 24.6 Å². The first-order chi connectivity index (χ1) is 8.82. The minimum atomic E-state index is -4.34. The van der Waals surface area contributed by atoms with Gasteiger partial charge in [-0.15, -0.1) is 0 Å². The molecule has 1 aliphatic rings. The second-order valence-electron chi connectivity index (χ2n) is 4.49. The molecule has 1 aromatic carbocycles. The van der Waals surface area contributed by atoms with Crippen LogP contribution in [0.4, 0.5) is 23.2 Å². The minimum absolute atomic E-state index is 0.0136. The number of rotatable bonds is 4. The summed E-state index contributed by atoms with van der Waals surface area (Å²) in [6, 6.07) is 4.98. The summed E-state index contributed by atoms with van der Waals surface area (Å²) in [5.41, 5.74) is -1.57. The van der Waals surface area contributed by atoms with Gasteiger partial charge < -0.3 is 5.32 Å². The first-order valence-electron chi connectivity index (χ1n) is 5.70. The van der Waals surface area contributed by atoms with Crippen molar-refractivity contribution in [2.75, 3.05) is 11.9 Å². The second kappa shape index (κ2) is 4.80. The van der Waals surface area contributed by atoms with Crippen molar-refractivity contribution in [1.29, 1.82) is 0 Å². The molecule has 0 heterocycles. The molecule has 7 heteroatoms. The van der Waals surface area contributed by atoms with E-state index >= 15 is 0 Å². The average molecular weight is 276 g/mol. The van der Waals surface area contributed by atoms with Crippen molar-refractivity contribution in [3.05, 3.63) is 30.1 Å². The summed E-state index contributed by atoms with van der Waals surface area (Å²) >= 11 is 0. The fourth-order valence-corrected chi connectivity index (χ4v) is 1.67. The Balaban J connectivity index is 1.84. The summed E-state index contributed by atoms with van der Waals surface area (Å²) in [4.78, 5) is 11.5. The summed E-state index contributed by atoms with van der Waals surface area (Å²) in [5.74, 6) is -1.05. The van der Waals surface area contributed by atoms with Gasteiger partial charge in [0.15, 0.2) is 0 Å². The zero-order valence-electron chi connectivity index (χ0n) is 9.85. The van der Waals surface area contributed by atoms with Gasteiger partial charge >= 0.3 is 6.18 Å². The molecular formula is C12H12F4N2O. The normalized spacial score (nSPS) is 17.1. The lowest BCUT2D eigenvalue weighted by Gasteiger charge is -2.20. The number of carbonyl (C=O) groups excluding carboxylic acids is 1. The van der Waals surface area contributed by atoms with E-state index in [1.807, 2.05) is 0 Å². The molecule has 0 saturated heterocycles. The van der Waals surface area contributed by atoms with Crippen LogP contribution >= 0.6 is 0 Å². The van der Waals surface area contributed by atoms with Crippen LogP contribution in [0.3, 0.4) is 0 Å². The molecule has 0 aromatic heterocycles. The largest absolute Gasteiger partial charge is 0.406 e. The van der Waals surface area contributed by atoms with Gasteiger partial charge in [0, 0.05) is 5.69 Å². The molecule has 0 unspecified atom stereocenters. The number of carbonyl (C=O) groups is 1. The lowest BCUT2D eigenvalue weighted by atomic mass is 10.2. The van der Waals surface area contributed by atoms with Crippen molar-refractivity contribution in [3.8, 4) is 0 Å². The minimum Gasteiger partial charge on any atom is -0.325 e. The van der Waals surface area contributed by atoms with Crippen LogP contribution in [-0.4, -0.2) is 24.2 Å². The van der Waals surface area contributed by atoms with E-state index < -0.39 is 30.0 Å². The highest BCUT2D eigenvalue weighted by atomic mass is 19.4. The number of halogens is 4. The van der Waals surface area contributed by atoms with E-state index in [1.54, 1.807) is 0 Å². The first-order valence-corrected chi connectivity index (χ1v) is 5.70. The Morgan fingerprint density at radius 2 is 1.79 bits per heavy atom. The smallest absolute Gasteiger partial charge is 0.325 e. The third kappa shape index (κ3) is 3.23. The van der Waals surface area contributed by atoms with Gasteiger partial charge in [-0.1, -0.05) is 0 Å². The van der Waals surface area contributed by atoms with Gasteiger partial charge in [0.2, 0.25) is 5.91 Å². The Kier molecular flexibility index (Phi) is 3.49. The SMILES string of the molecule is O=C(CNC1(C(F)(F)F)CC1)Nc1ccc(F)cc1. The molecule has 0 spiro atoms. The molecule has 1 aromatic rings. The Morgan fingerprint density at radius 3 is 2.26 bits per heavy atom. The Hall–Kier alpha value is -1.63. The molecule has 0 aliphatic heterocycles. The average Bonchev–Trinajstić information content (AvgIpc) is 3.10. The zero-order valence-corrected chi connectivity index (χ0v) is 9.85. The maximum absolute atomic E-state index is 12.6. The molecule has 1 fully saturated rings. The van der Waals surface area contributed by atoms with Gasteiger partial charge in [0.05, 0.1) is 6.54 Å². The summed E-state index contributed by atoms with van der Waals surface area (Å²) in [6.45, 7) is -0.434. The molecule has 2 rings (SSSR count). The molecular weight excluding hydrogens is 264 g/mol. The lowest BCUT2D eigenvalue weighted by molar-refractivity contribution is -0.165. The number of benzene rings is 1. The molecule has 0 radical (unpaired) electrons. The molecule has 2 N–H and O–H groups in total. The van der Waals surface area contributed by atoms with Crippen LogP contribution in [0.2, 0.25) is 0 Å². The maximum atomic E-state index is 12.6. The van der Waals surface area contributed by atoms with Gasteiger partial charge in [-0.05, 0) is 37.1 Å². The van der Waals surface area contributed by atoms with E-state index in [0.29, 0.717) is 5.69 Å². The number of amides is 1. The highest BCUT2D eigenvalue weighted by Crippen LogP contribution is 2.48. The van der Waals surface area contributed by atoms with E-state index in [2.05, 4.69) is 10.6 Å². The van der Waals surface area contributed by atoms with Crippen molar-refractivity contribution >= 4 is 11.6 Å². The molecule has 1 amide bonds. The Bertz CT molecular complexity index is 466. The summed E-state index contributed by atoms with van der Waals surface area (Å²) in [7, 11) is 0. The summed E-state index contributed by atoms with van der Waals surface area (Å²) in [5, 5.41) is 4.62. The quantitative estimate of drug-likeness (QED) is 0.829. The van der Waals surface area contributed by atoms with Crippen LogP contribution in [0.5, 0.6) is 0 Å².